The highest BCUT2D eigenvalue weighted by molar-refractivity contribution is 6.05. The van der Waals surface area contributed by atoms with E-state index in [0.717, 1.165) is 16.8 Å². The van der Waals surface area contributed by atoms with E-state index in [9.17, 15) is 22.8 Å². The molecule has 1 amide bonds. The summed E-state index contributed by atoms with van der Waals surface area (Å²) in [6.07, 6.45) is -4.62. The zero-order valence-corrected chi connectivity index (χ0v) is 16.6. The van der Waals surface area contributed by atoms with Crippen LogP contribution in [0.5, 0.6) is 0 Å². The Morgan fingerprint density at radius 3 is 2.23 bits per heavy atom. The summed E-state index contributed by atoms with van der Waals surface area (Å²) >= 11 is 0. The number of aromatic nitrogens is 2. The van der Waals surface area contributed by atoms with Crippen molar-refractivity contribution in [2.24, 2.45) is 0 Å². The van der Waals surface area contributed by atoms with Crippen molar-refractivity contribution < 1.29 is 18.0 Å². The van der Waals surface area contributed by atoms with E-state index in [1.165, 1.54) is 30.0 Å². The smallest absolute Gasteiger partial charge is 0.304 e. The van der Waals surface area contributed by atoms with E-state index in [4.69, 9.17) is 0 Å². The zero-order chi connectivity index (χ0) is 22.1. The van der Waals surface area contributed by atoms with Gasteiger partial charge in [0.05, 0.1) is 11.3 Å². The van der Waals surface area contributed by atoms with E-state index in [1.54, 1.807) is 44.2 Å². The van der Waals surface area contributed by atoms with Gasteiger partial charge in [-0.25, -0.2) is 4.68 Å². The van der Waals surface area contributed by atoms with Gasteiger partial charge in [-0.2, -0.15) is 18.3 Å². The molecule has 3 rings (SSSR count). The predicted molar refractivity (Wildman–Crippen MR) is 108 cm³/mol. The first-order valence-electron chi connectivity index (χ1n) is 9.27. The topological polar surface area (TPSA) is 55.2 Å². The number of hydrogen-bond acceptors (Lipinski definition) is 3. The largest absolute Gasteiger partial charge is 0.418 e. The Hall–Kier alpha value is -3.42. The first kappa shape index (κ1) is 21.3. The van der Waals surface area contributed by atoms with Crippen LogP contribution in [0.15, 0.2) is 65.5 Å². The van der Waals surface area contributed by atoms with E-state index < -0.39 is 28.8 Å². The van der Waals surface area contributed by atoms with Gasteiger partial charge >= 0.3 is 6.18 Å². The van der Waals surface area contributed by atoms with Crippen LogP contribution in [0, 0.1) is 6.92 Å². The lowest BCUT2D eigenvalue weighted by Crippen LogP contribution is -2.40. The molecular formula is C22H20F3N3O2. The lowest BCUT2D eigenvalue weighted by molar-refractivity contribution is -0.137. The highest BCUT2D eigenvalue weighted by Crippen LogP contribution is 2.33. The second kappa shape index (κ2) is 8.14. The molecule has 0 aliphatic carbocycles. The van der Waals surface area contributed by atoms with Gasteiger partial charge in [0.15, 0.2) is 5.69 Å². The van der Waals surface area contributed by atoms with Gasteiger partial charge < -0.3 is 4.90 Å². The number of benzene rings is 2. The van der Waals surface area contributed by atoms with Crippen LogP contribution in [0.25, 0.3) is 5.69 Å². The van der Waals surface area contributed by atoms with Crippen LogP contribution >= 0.6 is 0 Å². The van der Waals surface area contributed by atoms with Crippen molar-refractivity contribution in [3.05, 3.63) is 87.8 Å². The minimum atomic E-state index is -4.62. The number of carbonyl (C=O) groups is 1. The van der Waals surface area contributed by atoms with E-state index >= 15 is 0 Å². The van der Waals surface area contributed by atoms with E-state index in [1.807, 2.05) is 0 Å². The van der Waals surface area contributed by atoms with Crippen molar-refractivity contribution in [2.75, 3.05) is 4.90 Å². The molecule has 0 saturated heterocycles. The maximum Gasteiger partial charge on any atom is 0.418 e. The minimum absolute atomic E-state index is 0.184. The van der Waals surface area contributed by atoms with Crippen molar-refractivity contribution in [3.63, 3.8) is 0 Å². The van der Waals surface area contributed by atoms with Crippen molar-refractivity contribution in [1.29, 1.82) is 0 Å². The fraction of sp³-hybridized carbons (Fsp3) is 0.227. The maximum absolute atomic E-state index is 13.5. The number of nitrogens with zero attached hydrogens (tertiary/aromatic N) is 3. The Balaban J connectivity index is 2.18. The molecule has 30 heavy (non-hydrogen) atoms. The quantitative estimate of drug-likeness (QED) is 0.625. The van der Waals surface area contributed by atoms with Crippen LogP contribution in [-0.2, 0) is 6.18 Å². The molecule has 0 spiro atoms. The maximum atomic E-state index is 13.5. The number of carbonyl (C=O) groups excluding carboxylic acids is 1. The summed E-state index contributed by atoms with van der Waals surface area (Å²) in [6.45, 7) is 5.01. The summed E-state index contributed by atoms with van der Waals surface area (Å²) in [6, 6.07) is 14.4. The van der Waals surface area contributed by atoms with Gasteiger partial charge in [0.1, 0.15) is 0 Å². The monoisotopic (exact) mass is 415 g/mol. The minimum Gasteiger partial charge on any atom is -0.304 e. The van der Waals surface area contributed by atoms with Gasteiger partial charge in [-0.3, -0.25) is 9.59 Å². The summed E-state index contributed by atoms with van der Waals surface area (Å²) in [5.74, 6) is -0.681. The molecular weight excluding hydrogens is 395 g/mol. The fourth-order valence-corrected chi connectivity index (χ4v) is 3.19. The molecule has 5 nitrogen and oxygen atoms in total. The number of rotatable bonds is 4. The van der Waals surface area contributed by atoms with Gasteiger partial charge in [-0.05, 0) is 45.0 Å². The number of alkyl halides is 3. The Kier molecular flexibility index (Phi) is 5.78. The molecule has 156 valence electrons. The van der Waals surface area contributed by atoms with Gasteiger partial charge in [0.25, 0.3) is 5.91 Å². The Bertz CT molecular complexity index is 1120. The molecule has 1 aromatic heterocycles. The van der Waals surface area contributed by atoms with Crippen molar-refractivity contribution >= 4 is 11.6 Å². The molecule has 1 heterocycles. The molecule has 3 aromatic rings. The van der Waals surface area contributed by atoms with Crippen molar-refractivity contribution in [3.8, 4) is 5.69 Å². The third kappa shape index (κ3) is 4.12. The summed E-state index contributed by atoms with van der Waals surface area (Å²) in [7, 11) is 0. The van der Waals surface area contributed by atoms with Crippen LogP contribution in [0.3, 0.4) is 0 Å². The van der Waals surface area contributed by atoms with Gasteiger partial charge in [-0.15, -0.1) is 0 Å². The molecule has 2 aromatic carbocycles. The normalized spacial score (nSPS) is 11.6. The van der Waals surface area contributed by atoms with Gasteiger partial charge in [0.2, 0.25) is 5.43 Å². The number of hydrogen-bond donors (Lipinski definition) is 0. The number of para-hydroxylation sites is 2. The van der Waals surface area contributed by atoms with Crippen LogP contribution in [0.2, 0.25) is 0 Å². The third-order valence-corrected chi connectivity index (χ3v) is 4.52. The molecule has 8 heteroatoms. The van der Waals surface area contributed by atoms with Crippen LogP contribution in [-0.4, -0.2) is 21.7 Å². The molecule has 0 atom stereocenters. The second-order valence-corrected chi connectivity index (χ2v) is 7.03. The van der Waals surface area contributed by atoms with Crippen LogP contribution in [0.1, 0.15) is 35.6 Å². The van der Waals surface area contributed by atoms with E-state index in [2.05, 4.69) is 5.10 Å². The van der Waals surface area contributed by atoms with Gasteiger partial charge in [-0.1, -0.05) is 30.3 Å². The predicted octanol–water partition coefficient (Wildman–Crippen LogP) is 4.61. The van der Waals surface area contributed by atoms with Crippen LogP contribution in [0.4, 0.5) is 18.9 Å². The first-order valence-corrected chi connectivity index (χ1v) is 9.27. The Morgan fingerprint density at radius 1 is 1.03 bits per heavy atom. The lowest BCUT2D eigenvalue weighted by atomic mass is 10.1. The lowest BCUT2D eigenvalue weighted by Gasteiger charge is -2.26. The molecule has 0 N–H and O–H groups in total. The highest BCUT2D eigenvalue weighted by atomic mass is 19.4. The fourth-order valence-electron chi connectivity index (χ4n) is 3.19. The molecule has 0 bridgehead atoms. The molecule has 0 aliphatic heterocycles. The number of aryl methyl sites for hydroxylation is 1. The Labute approximate surface area is 171 Å². The second-order valence-electron chi connectivity index (χ2n) is 7.03. The van der Waals surface area contributed by atoms with E-state index in [0.29, 0.717) is 5.69 Å². The summed E-state index contributed by atoms with van der Waals surface area (Å²) in [5.41, 5.74) is -1.53. The highest BCUT2D eigenvalue weighted by Gasteiger charge is 2.34. The molecule has 0 unspecified atom stereocenters. The zero-order valence-electron chi connectivity index (χ0n) is 16.6. The summed E-state index contributed by atoms with van der Waals surface area (Å²) in [4.78, 5) is 27.2. The molecule has 0 fully saturated rings. The van der Waals surface area contributed by atoms with Crippen molar-refractivity contribution in [2.45, 2.75) is 33.0 Å². The number of amides is 1. The molecule has 0 radical (unpaired) electrons. The Morgan fingerprint density at radius 2 is 1.63 bits per heavy atom. The standard InChI is InChI=1S/C22H20F3N3O2/c1-14(2)27(16-9-5-4-6-10-16)21(30)20-19(29)13-15(3)28(26-20)18-12-8-7-11-17(18)22(23,24)25/h4-14H,1-3H3. The summed E-state index contributed by atoms with van der Waals surface area (Å²) < 4.78 is 41.4. The number of halogens is 3. The first-order chi connectivity index (χ1) is 14.1. The van der Waals surface area contributed by atoms with Gasteiger partial charge in [0, 0.05) is 23.5 Å². The molecule has 0 aliphatic rings. The average molecular weight is 415 g/mol. The van der Waals surface area contributed by atoms with Crippen LogP contribution < -0.4 is 10.3 Å². The molecule has 0 saturated carbocycles. The van der Waals surface area contributed by atoms with Crippen molar-refractivity contribution in [1.82, 2.24) is 9.78 Å². The van der Waals surface area contributed by atoms with E-state index in [-0.39, 0.29) is 17.4 Å². The number of anilines is 1. The average Bonchev–Trinajstić information content (AvgIpc) is 2.68. The third-order valence-electron chi connectivity index (χ3n) is 4.52. The summed E-state index contributed by atoms with van der Waals surface area (Å²) in [5, 5.41) is 4.06. The SMILES string of the molecule is Cc1cc(=O)c(C(=O)N(c2ccccc2)C(C)C)nn1-c1ccccc1C(F)(F)F.